The lowest BCUT2D eigenvalue weighted by Gasteiger charge is -2.03. The second-order valence-electron chi connectivity index (χ2n) is 5.00. The highest BCUT2D eigenvalue weighted by Crippen LogP contribution is 2.11. The number of aliphatic hydroxyl groups excluding tert-OH is 1. The molecule has 2 heteroatoms. The Bertz CT molecular complexity index is 157. The molecule has 0 radical (unpaired) electrons. The zero-order valence-electron chi connectivity index (χ0n) is 12.0. The van der Waals surface area contributed by atoms with Crippen molar-refractivity contribution in [3.05, 3.63) is 12.8 Å². The molecule has 0 saturated heterocycles. The molecule has 0 rings (SSSR count). The molecule has 0 saturated carbocycles. The topological polar surface area (TPSA) is 29.5 Å². The van der Waals surface area contributed by atoms with Crippen LogP contribution in [0.1, 0.15) is 77.0 Å². The summed E-state index contributed by atoms with van der Waals surface area (Å²) in [7, 11) is 0. The van der Waals surface area contributed by atoms with E-state index in [-0.39, 0.29) is 0 Å². The lowest BCUT2D eigenvalue weighted by atomic mass is 10.1. The summed E-state index contributed by atoms with van der Waals surface area (Å²) in [5.41, 5.74) is 0. The molecule has 108 valence electrons. The minimum Gasteiger partial charge on any atom is -0.502 e. The molecule has 0 aliphatic rings. The van der Waals surface area contributed by atoms with Gasteiger partial charge in [-0.3, -0.25) is 0 Å². The van der Waals surface area contributed by atoms with Crippen molar-refractivity contribution in [2.24, 2.45) is 0 Å². The predicted octanol–water partition coefficient (Wildman–Crippen LogP) is 4.82. The van der Waals surface area contributed by atoms with Gasteiger partial charge >= 0.3 is 0 Å². The average Bonchev–Trinajstić information content (AvgIpc) is 2.39. The summed E-state index contributed by atoms with van der Waals surface area (Å²) in [6.45, 7) is 4.71. The first kappa shape index (κ1) is 17.5. The van der Waals surface area contributed by atoms with E-state index in [2.05, 4.69) is 6.58 Å². The van der Waals surface area contributed by atoms with Crippen LogP contribution >= 0.6 is 0 Å². The van der Waals surface area contributed by atoms with E-state index >= 15 is 0 Å². The van der Waals surface area contributed by atoms with E-state index in [0.717, 1.165) is 19.4 Å². The number of hydrogen-bond donors (Lipinski definition) is 1. The lowest BCUT2D eigenvalue weighted by molar-refractivity contribution is 0.241. The maximum atomic E-state index is 8.64. The summed E-state index contributed by atoms with van der Waals surface area (Å²) >= 11 is 0. The van der Waals surface area contributed by atoms with Crippen molar-refractivity contribution in [1.29, 1.82) is 0 Å². The summed E-state index contributed by atoms with van der Waals surface area (Å²) in [4.78, 5) is 0. The molecule has 0 aliphatic heterocycles. The van der Waals surface area contributed by atoms with Gasteiger partial charge in [0, 0.05) is 6.61 Å². The van der Waals surface area contributed by atoms with Crippen LogP contribution in [0.5, 0.6) is 0 Å². The van der Waals surface area contributed by atoms with Crippen LogP contribution in [0.25, 0.3) is 0 Å². The monoisotopic (exact) mass is 256 g/mol. The molecule has 2 nitrogen and oxygen atoms in total. The fourth-order valence-corrected chi connectivity index (χ4v) is 2.15. The zero-order chi connectivity index (χ0) is 13.3. The van der Waals surface area contributed by atoms with Crippen molar-refractivity contribution in [2.75, 3.05) is 13.2 Å². The Balaban J connectivity index is 2.88. The molecule has 0 aromatic heterocycles. The molecule has 0 fully saturated rings. The first-order valence-electron chi connectivity index (χ1n) is 7.75. The van der Waals surface area contributed by atoms with Gasteiger partial charge in [-0.25, -0.2) is 0 Å². The van der Waals surface area contributed by atoms with E-state index in [1.54, 1.807) is 0 Å². The molecule has 1 N–H and O–H groups in total. The van der Waals surface area contributed by atoms with Gasteiger partial charge in [0.25, 0.3) is 0 Å². The Morgan fingerprint density at radius 1 is 0.667 bits per heavy atom. The molecule has 0 atom stereocenters. The van der Waals surface area contributed by atoms with E-state index in [4.69, 9.17) is 9.84 Å². The molecule has 0 aliphatic carbocycles. The Labute approximate surface area is 113 Å². The summed E-state index contributed by atoms with van der Waals surface area (Å²) in [5, 5.41) is 8.64. The third kappa shape index (κ3) is 15.5. The summed E-state index contributed by atoms with van der Waals surface area (Å²) in [6.07, 6.45) is 17.1. The van der Waals surface area contributed by atoms with Crippen molar-refractivity contribution < 1.29 is 9.84 Å². The summed E-state index contributed by atoms with van der Waals surface area (Å²) in [6, 6.07) is 0. The number of unbranched alkanes of at least 4 members (excludes halogenated alkanes) is 11. The highest BCUT2D eigenvalue weighted by molar-refractivity contribution is 4.51. The predicted molar refractivity (Wildman–Crippen MR) is 78.6 cm³/mol. The van der Waals surface area contributed by atoms with Crippen LogP contribution in [0.3, 0.4) is 0 Å². The maximum absolute atomic E-state index is 8.64. The SMILES string of the molecule is C=COCCCCCCCCCCCCCCO. The van der Waals surface area contributed by atoms with E-state index in [9.17, 15) is 0 Å². The fourth-order valence-electron chi connectivity index (χ4n) is 2.15. The Morgan fingerprint density at radius 2 is 1.06 bits per heavy atom. The molecule has 0 heterocycles. The van der Waals surface area contributed by atoms with Gasteiger partial charge in [0.1, 0.15) is 0 Å². The van der Waals surface area contributed by atoms with Crippen molar-refractivity contribution in [1.82, 2.24) is 0 Å². The third-order valence-corrected chi connectivity index (χ3v) is 3.29. The smallest absolute Gasteiger partial charge is 0.0873 e. The number of ether oxygens (including phenoxy) is 1. The molecule has 0 aromatic carbocycles. The zero-order valence-corrected chi connectivity index (χ0v) is 12.0. The van der Waals surface area contributed by atoms with Crippen LogP contribution in [0.2, 0.25) is 0 Å². The second-order valence-corrected chi connectivity index (χ2v) is 5.00. The Morgan fingerprint density at radius 3 is 1.44 bits per heavy atom. The van der Waals surface area contributed by atoms with Gasteiger partial charge in [0.2, 0.25) is 0 Å². The van der Waals surface area contributed by atoms with Crippen LogP contribution in [0, 0.1) is 0 Å². The standard InChI is InChI=1S/C16H32O2/c1-2-18-16-14-12-10-8-6-4-3-5-7-9-11-13-15-17/h2,17H,1,3-16H2. The summed E-state index contributed by atoms with van der Waals surface area (Å²) in [5.74, 6) is 0. The van der Waals surface area contributed by atoms with Gasteiger partial charge in [-0.2, -0.15) is 0 Å². The van der Waals surface area contributed by atoms with Crippen LogP contribution in [0.15, 0.2) is 12.8 Å². The first-order chi connectivity index (χ1) is 8.91. The highest BCUT2D eigenvalue weighted by atomic mass is 16.5. The van der Waals surface area contributed by atoms with Crippen LogP contribution < -0.4 is 0 Å². The average molecular weight is 256 g/mol. The van der Waals surface area contributed by atoms with Gasteiger partial charge in [-0.15, -0.1) is 0 Å². The van der Waals surface area contributed by atoms with E-state index in [1.807, 2.05) is 0 Å². The summed E-state index contributed by atoms with van der Waals surface area (Å²) < 4.78 is 5.08. The van der Waals surface area contributed by atoms with Gasteiger partial charge in [0.05, 0.1) is 12.9 Å². The van der Waals surface area contributed by atoms with Gasteiger partial charge in [-0.05, 0) is 12.8 Å². The number of aliphatic hydroxyl groups is 1. The van der Waals surface area contributed by atoms with E-state index in [0.29, 0.717) is 6.61 Å². The van der Waals surface area contributed by atoms with Crippen LogP contribution in [0.4, 0.5) is 0 Å². The minimum absolute atomic E-state index is 0.359. The van der Waals surface area contributed by atoms with Gasteiger partial charge < -0.3 is 9.84 Å². The maximum Gasteiger partial charge on any atom is 0.0873 e. The van der Waals surface area contributed by atoms with E-state index < -0.39 is 0 Å². The van der Waals surface area contributed by atoms with Crippen molar-refractivity contribution >= 4 is 0 Å². The Kier molecular flexibility index (Phi) is 16.0. The van der Waals surface area contributed by atoms with E-state index in [1.165, 1.54) is 70.5 Å². The second kappa shape index (κ2) is 16.5. The molecule has 0 spiro atoms. The number of rotatable bonds is 15. The molecule has 18 heavy (non-hydrogen) atoms. The number of hydrogen-bond acceptors (Lipinski definition) is 2. The largest absolute Gasteiger partial charge is 0.502 e. The quantitative estimate of drug-likeness (QED) is 0.336. The van der Waals surface area contributed by atoms with Crippen molar-refractivity contribution in [2.45, 2.75) is 77.0 Å². The van der Waals surface area contributed by atoms with Crippen molar-refractivity contribution in [3.63, 3.8) is 0 Å². The normalized spacial score (nSPS) is 10.5. The molecule has 0 bridgehead atoms. The molecular formula is C16H32O2. The van der Waals surface area contributed by atoms with Crippen LogP contribution in [-0.2, 0) is 4.74 Å². The minimum atomic E-state index is 0.359. The molecule has 0 amide bonds. The van der Waals surface area contributed by atoms with Gasteiger partial charge in [0.15, 0.2) is 0 Å². The Hall–Kier alpha value is -0.500. The van der Waals surface area contributed by atoms with Crippen LogP contribution in [-0.4, -0.2) is 18.3 Å². The lowest BCUT2D eigenvalue weighted by Crippen LogP contribution is -1.88. The third-order valence-electron chi connectivity index (χ3n) is 3.29. The highest BCUT2D eigenvalue weighted by Gasteiger charge is 1.93. The molecular weight excluding hydrogens is 224 g/mol. The first-order valence-corrected chi connectivity index (χ1v) is 7.75. The molecule has 0 aromatic rings. The van der Waals surface area contributed by atoms with Gasteiger partial charge in [-0.1, -0.05) is 70.8 Å². The van der Waals surface area contributed by atoms with Crippen molar-refractivity contribution in [3.8, 4) is 0 Å². The molecule has 0 unspecified atom stereocenters. The fraction of sp³-hybridized carbons (Fsp3) is 0.875.